The van der Waals surface area contributed by atoms with E-state index in [1.54, 1.807) is 48.3 Å². The lowest BCUT2D eigenvalue weighted by molar-refractivity contribution is -0.137. The number of halogens is 4. The summed E-state index contributed by atoms with van der Waals surface area (Å²) in [6.45, 7) is -0.236. The first kappa shape index (κ1) is 27.4. The van der Waals surface area contributed by atoms with Crippen LogP contribution in [0.25, 0.3) is 11.8 Å². The van der Waals surface area contributed by atoms with E-state index < -0.39 is 38.7 Å². The number of nitrogens with zero attached hydrogens (tertiary/aromatic N) is 6. The highest BCUT2D eigenvalue weighted by atomic mass is 35.5. The number of carbonyl (C=O) groups excluding carboxylic acids is 1. The highest BCUT2D eigenvalue weighted by molar-refractivity contribution is 7.89. The summed E-state index contributed by atoms with van der Waals surface area (Å²) in [6.07, 6.45) is 1.31. The highest BCUT2D eigenvalue weighted by Crippen LogP contribution is 2.47. The molecular formula is C27H22ClF3N6O3S. The Morgan fingerprint density at radius 3 is 2.56 bits per heavy atom. The van der Waals surface area contributed by atoms with E-state index in [1.165, 1.54) is 21.3 Å². The molecule has 1 aromatic carbocycles. The Kier molecular flexibility index (Phi) is 6.43. The zero-order valence-corrected chi connectivity index (χ0v) is 23.1. The zero-order chi connectivity index (χ0) is 29.2. The Morgan fingerprint density at radius 1 is 1.12 bits per heavy atom. The Hall–Kier alpha value is -3.81. The van der Waals surface area contributed by atoms with Gasteiger partial charge in [-0.2, -0.15) is 27.7 Å². The number of benzene rings is 1. The highest BCUT2D eigenvalue weighted by Gasteiger charge is 2.52. The van der Waals surface area contributed by atoms with Crippen molar-refractivity contribution < 1.29 is 26.4 Å². The summed E-state index contributed by atoms with van der Waals surface area (Å²) >= 11 is 6.04. The van der Waals surface area contributed by atoms with Crippen molar-refractivity contribution in [2.75, 3.05) is 13.1 Å². The van der Waals surface area contributed by atoms with E-state index in [2.05, 4.69) is 15.2 Å². The lowest BCUT2D eigenvalue weighted by Crippen LogP contribution is -2.53. The average Bonchev–Trinajstić information content (AvgIpc) is 3.57. The summed E-state index contributed by atoms with van der Waals surface area (Å²) in [5, 5.41) is 8.89. The first-order valence-corrected chi connectivity index (χ1v) is 14.3. The number of rotatable bonds is 5. The predicted molar refractivity (Wildman–Crippen MR) is 143 cm³/mol. The molecule has 41 heavy (non-hydrogen) atoms. The van der Waals surface area contributed by atoms with Gasteiger partial charge < -0.3 is 0 Å². The molecule has 0 spiro atoms. The molecule has 9 nitrogen and oxygen atoms in total. The lowest BCUT2D eigenvalue weighted by atomic mass is 9.65. The quantitative estimate of drug-likeness (QED) is 0.310. The molecule has 1 fully saturated rings. The molecule has 1 unspecified atom stereocenters. The third kappa shape index (κ3) is 4.67. The van der Waals surface area contributed by atoms with E-state index in [0.717, 1.165) is 18.0 Å². The van der Waals surface area contributed by atoms with Gasteiger partial charge in [0, 0.05) is 37.6 Å². The molecule has 1 saturated heterocycles. The van der Waals surface area contributed by atoms with Gasteiger partial charge in [-0.05, 0) is 66.9 Å². The van der Waals surface area contributed by atoms with Gasteiger partial charge in [-0.25, -0.2) is 13.1 Å². The molecule has 0 saturated carbocycles. The summed E-state index contributed by atoms with van der Waals surface area (Å²) in [4.78, 5) is 18.2. The van der Waals surface area contributed by atoms with Crippen molar-refractivity contribution >= 4 is 33.5 Å². The van der Waals surface area contributed by atoms with Crippen molar-refractivity contribution in [3.8, 4) is 5.69 Å². The number of Topliss-reactive ketones (excluding diaryl/α,β-unsaturated/α-hetero) is 1. The van der Waals surface area contributed by atoms with E-state index in [0.29, 0.717) is 27.9 Å². The van der Waals surface area contributed by atoms with E-state index in [9.17, 15) is 26.4 Å². The van der Waals surface area contributed by atoms with Crippen LogP contribution in [0.3, 0.4) is 0 Å². The maximum absolute atomic E-state index is 14.2. The van der Waals surface area contributed by atoms with Gasteiger partial charge in [0.05, 0.1) is 28.6 Å². The van der Waals surface area contributed by atoms with Crippen molar-refractivity contribution in [2.24, 2.45) is 12.5 Å². The Morgan fingerprint density at radius 2 is 1.88 bits per heavy atom. The largest absolute Gasteiger partial charge is 0.416 e. The number of fused-ring (bicyclic) bond motifs is 2. The van der Waals surface area contributed by atoms with Crippen LogP contribution >= 0.6 is 11.6 Å². The van der Waals surface area contributed by atoms with Gasteiger partial charge in [0.2, 0.25) is 0 Å². The number of ketones is 1. The number of carbonyl (C=O) groups is 1. The van der Waals surface area contributed by atoms with Gasteiger partial charge in [0.25, 0.3) is 10.0 Å². The number of piperidine rings is 1. The van der Waals surface area contributed by atoms with E-state index >= 15 is 0 Å². The van der Waals surface area contributed by atoms with Gasteiger partial charge in [-0.3, -0.25) is 14.5 Å². The van der Waals surface area contributed by atoms with Crippen LogP contribution in [-0.4, -0.2) is 56.1 Å². The second-order valence-electron chi connectivity index (χ2n) is 10.0. The second kappa shape index (κ2) is 9.64. The summed E-state index contributed by atoms with van der Waals surface area (Å²) in [5.41, 5.74) is -0.253. The van der Waals surface area contributed by atoms with Crippen molar-refractivity contribution in [2.45, 2.75) is 24.0 Å². The van der Waals surface area contributed by atoms with Crippen LogP contribution in [0.2, 0.25) is 5.02 Å². The minimum absolute atomic E-state index is 0.0206. The summed E-state index contributed by atoms with van der Waals surface area (Å²) in [6, 6.07) is 9.88. The third-order valence-electron chi connectivity index (χ3n) is 7.50. The molecule has 0 N–H and O–H groups in total. The average molecular weight is 603 g/mol. The van der Waals surface area contributed by atoms with Gasteiger partial charge >= 0.3 is 6.18 Å². The molecule has 3 aromatic heterocycles. The Bertz CT molecular complexity index is 1810. The molecule has 4 heterocycles. The number of aromatic nitrogens is 5. The van der Waals surface area contributed by atoms with Crippen LogP contribution in [-0.2, 0) is 29.7 Å². The van der Waals surface area contributed by atoms with E-state index in [1.807, 2.05) is 0 Å². The maximum atomic E-state index is 14.2. The fourth-order valence-electron chi connectivity index (χ4n) is 5.45. The van der Waals surface area contributed by atoms with Gasteiger partial charge in [-0.15, -0.1) is 0 Å². The third-order valence-corrected chi connectivity index (χ3v) is 9.49. The number of aryl methyl sites for hydroxylation is 1. The molecule has 1 atom stereocenters. The second-order valence-corrected chi connectivity index (χ2v) is 12.4. The van der Waals surface area contributed by atoms with Crippen LogP contribution < -0.4 is 0 Å². The monoisotopic (exact) mass is 602 g/mol. The first-order chi connectivity index (χ1) is 19.4. The minimum Gasteiger partial charge on any atom is -0.291 e. The standard InChI is InChI=1S/C27H22ClF3N6O3S/c1-35-10-8-24(34-35)41(39,40)36-11-7-18-13-23-17(15-33-37(23)21-4-2-20(28)3-5-21)14-26(18,16-36)25(38)22-12-19(6-9-32-22)27(29,30)31/h2-6,8-10,12-13,15H,7,11,14,16H2,1H3. The summed E-state index contributed by atoms with van der Waals surface area (Å²) < 4.78 is 71.9. The topological polar surface area (TPSA) is 103 Å². The number of pyridine rings is 1. The summed E-state index contributed by atoms with van der Waals surface area (Å²) in [7, 11) is -2.52. The maximum Gasteiger partial charge on any atom is 0.416 e. The van der Waals surface area contributed by atoms with Gasteiger partial charge in [0.15, 0.2) is 10.8 Å². The molecule has 1 aliphatic carbocycles. The number of hydrogen-bond donors (Lipinski definition) is 0. The van der Waals surface area contributed by atoms with E-state index in [4.69, 9.17) is 11.6 Å². The first-order valence-electron chi connectivity index (χ1n) is 12.5. The van der Waals surface area contributed by atoms with Crippen molar-refractivity contribution in [1.82, 2.24) is 28.9 Å². The number of sulfonamides is 1. The minimum atomic E-state index is -4.69. The van der Waals surface area contributed by atoms with Crippen molar-refractivity contribution in [1.29, 1.82) is 0 Å². The van der Waals surface area contributed by atoms with Crippen molar-refractivity contribution in [3.63, 3.8) is 0 Å². The molecule has 1 aliphatic heterocycles. The van der Waals surface area contributed by atoms with Crippen LogP contribution in [0.15, 0.2) is 71.7 Å². The van der Waals surface area contributed by atoms with Gasteiger partial charge in [-0.1, -0.05) is 17.2 Å². The smallest absolute Gasteiger partial charge is 0.291 e. The molecule has 0 radical (unpaired) electrons. The predicted octanol–water partition coefficient (Wildman–Crippen LogP) is 4.58. The normalized spacial score (nSPS) is 19.4. The molecule has 212 valence electrons. The molecule has 2 aliphatic rings. The van der Waals surface area contributed by atoms with Crippen LogP contribution in [0.1, 0.15) is 33.7 Å². The number of alkyl halides is 3. The summed E-state index contributed by atoms with van der Waals surface area (Å²) in [5.74, 6) is -0.694. The van der Waals surface area contributed by atoms with Crippen LogP contribution in [0.4, 0.5) is 13.2 Å². The Balaban J connectivity index is 1.47. The van der Waals surface area contributed by atoms with Crippen molar-refractivity contribution in [3.05, 3.63) is 94.2 Å². The van der Waals surface area contributed by atoms with Gasteiger partial charge in [0.1, 0.15) is 5.69 Å². The molecule has 0 amide bonds. The fourth-order valence-corrected chi connectivity index (χ4v) is 7.03. The molecule has 14 heteroatoms. The molecule has 4 aromatic rings. The lowest BCUT2D eigenvalue weighted by Gasteiger charge is -2.44. The fraction of sp³-hybridized carbons (Fsp3) is 0.259. The molecule has 0 bridgehead atoms. The molecular weight excluding hydrogens is 581 g/mol. The Labute approximate surface area is 237 Å². The SMILES string of the molecule is Cn1ccc(S(=O)(=O)N2CCC3=Cc4c(cnn4-c4ccc(Cl)cc4)CC3(C(=O)c3cc(C(F)(F)F)ccn3)C2)n1. The zero-order valence-electron chi connectivity index (χ0n) is 21.5. The van der Waals surface area contributed by atoms with Crippen LogP contribution in [0, 0.1) is 5.41 Å². The van der Waals surface area contributed by atoms with Crippen LogP contribution in [0.5, 0.6) is 0 Å². The molecule has 6 rings (SSSR count). The van der Waals surface area contributed by atoms with E-state index in [-0.39, 0.29) is 31.0 Å². The number of hydrogen-bond acceptors (Lipinski definition) is 6.